The number of rotatable bonds is 4. The van der Waals surface area contributed by atoms with E-state index in [9.17, 15) is 23.6 Å². The molecule has 0 aromatic heterocycles. The fraction of sp³-hybridized carbons (Fsp3) is 0.538. The van der Waals surface area contributed by atoms with Gasteiger partial charge >= 0.3 is 0 Å². The zero-order chi connectivity index (χ0) is 15.8. The van der Waals surface area contributed by atoms with Gasteiger partial charge in [-0.05, 0) is 24.8 Å². The van der Waals surface area contributed by atoms with Crippen LogP contribution < -0.4 is 0 Å². The molecule has 0 amide bonds. The van der Waals surface area contributed by atoms with Gasteiger partial charge in [0.2, 0.25) is 10.0 Å². The van der Waals surface area contributed by atoms with Crippen molar-refractivity contribution in [1.82, 2.24) is 4.31 Å². The Morgan fingerprint density at radius 2 is 2.14 bits per heavy atom. The van der Waals surface area contributed by atoms with E-state index in [1.807, 2.05) is 6.92 Å². The van der Waals surface area contributed by atoms with E-state index in [0.717, 1.165) is 6.07 Å². The summed E-state index contributed by atoms with van der Waals surface area (Å²) >= 11 is 0. The molecule has 2 atom stereocenters. The number of nitro groups is 1. The van der Waals surface area contributed by atoms with Gasteiger partial charge in [-0.1, -0.05) is 13.0 Å². The molecule has 1 saturated heterocycles. The third-order valence-electron chi connectivity index (χ3n) is 3.99. The van der Waals surface area contributed by atoms with Gasteiger partial charge in [-0.3, -0.25) is 10.1 Å². The van der Waals surface area contributed by atoms with Crippen LogP contribution in [0.2, 0.25) is 0 Å². The predicted octanol–water partition coefficient (Wildman–Crippen LogP) is 1.29. The number of non-ortho nitro benzene ring substituents is 1. The largest absolute Gasteiger partial charge is 0.395 e. The number of nitrogens with zero attached hydrogens (tertiary/aromatic N) is 2. The van der Waals surface area contributed by atoms with Gasteiger partial charge in [-0.25, -0.2) is 8.42 Å². The van der Waals surface area contributed by atoms with Crippen molar-refractivity contribution in [3.8, 4) is 0 Å². The molecule has 8 heteroatoms. The minimum Gasteiger partial charge on any atom is -0.395 e. The molecule has 0 radical (unpaired) electrons. The quantitative estimate of drug-likeness (QED) is 0.666. The number of hydrogen-bond acceptors (Lipinski definition) is 5. The second-order valence-electron chi connectivity index (χ2n) is 5.34. The van der Waals surface area contributed by atoms with E-state index in [0.29, 0.717) is 18.5 Å². The molecular weight excluding hydrogens is 296 g/mol. The van der Waals surface area contributed by atoms with E-state index in [2.05, 4.69) is 0 Å². The van der Waals surface area contributed by atoms with Gasteiger partial charge in [0.25, 0.3) is 5.69 Å². The highest BCUT2D eigenvalue weighted by Crippen LogP contribution is 2.32. The first-order valence-electron chi connectivity index (χ1n) is 6.66. The van der Waals surface area contributed by atoms with E-state index in [-0.39, 0.29) is 23.1 Å². The Labute approximate surface area is 123 Å². The molecule has 0 spiro atoms. The van der Waals surface area contributed by atoms with Gasteiger partial charge < -0.3 is 5.11 Å². The van der Waals surface area contributed by atoms with E-state index in [4.69, 9.17) is 0 Å². The Morgan fingerprint density at radius 1 is 1.48 bits per heavy atom. The summed E-state index contributed by atoms with van der Waals surface area (Å²) < 4.78 is 26.7. The van der Waals surface area contributed by atoms with Crippen molar-refractivity contribution in [2.75, 3.05) is 13.2 Å². The Morgan fingerprint density at radius 3 is 2.71 bits per heavy atom. The molecule has 0 bridgehead atoms. The number of benzene rings is 1. The van der Waals surface area contributed by atoms with E-state index in [1.54, 1.807) is 6.92 Å². The van der Waals surface area contributed by atoms with Crippen LogP contribution in [0.15, 0.2) is 23.1 Å². The van der Waals surface area contributed by atoms with Crippen molar-refractivity contribution in [1.29, 1.82) is 0 Å². The lowest BCUT2D eigenvalue weighted by Gasteiger charge is -2.25. The fourth-order valence-corrected chi connectivity index (χ4v) is 4.62. The SMILES string of the molecule is Cc1ccc([N+](=O)[O-])cc1S(=O)(=O)N1CCC(C)C1CO. The summed E-state index contributed by atoms with van der Waals surface area (Å²) in [5.74, 6) is 0.0591. The van der Waals surface area contributed by atoms with Gasteiger partial charge in [0.15, 0.2) is 0 Å². The van der Waals surface area contributed by atoms with Crippen LogP contribution in [0.25, 0.3) is 0 Å². The van der Waals surface area contributed by atoms with Gasteiger partial charge in [-0.15, -0.1) is 0 Å². The summed E-state index contributed by atoms with van der Waals surface area (Å²) in [7, 11) is -3.85. The number of aliphatic hydroxyl groups is 1. The van der Waals surface area contributed by atoms with Gasteiger partial charge in [0, 0.05) is 18.7 Å². The van der Waals surface area contributed by atoms with Crippen LogP contribution in [0.1, 0.15) is 18.9 Å². The van der Waals surface area contributed by atoms with Crippen LogP contribution in [0.4, 0.5) is 5.69 Å². The minimum atomic E-state index is -3.85. The van der Waals surface area contributed by atoms with E-state index in [1.165, 1.54) is 16.4 Å². The lowest BCUT2D eigenvalue weighted by atomic mass is 10.0. The molecule has 1 fully saturated rings. The summed E-state index contributed by atoms with van der Waals surface area (Å²) in [6, 6.07) is 3.32. The van der Waals surface area contributed by atoms with Crippen molar-refractivity contribution < 1.29 is 18.4 Å². The molecule has 1 aromatic carbocycles. The molecule has 21 heavy (non-hydrogen) atoms. The first kappa shape index (κ1) is 15.9. The molecule has 0 aliphatic carbocycles. The van der Waals surface area contributed by atoms with Crippen molar-refractivity contribution in [2.24, 2.45) is 5.92 Å². The highest BCUT2D eigenvalue weighted by Gasteiger charge is 2.40. The van der Waals surface area contributed by atoms with Crippen LogP contribution in [0.3, 0.4) is 0 Å². The average molecular weight is 314 g/mol. The maximum atomic E-state index is 12.7. The first-order valence-corrected chi connectivity index (χ1v) is 8.10. The second-order valence-corrected chi connectivity index (χ2v) is 7.20. The lowest BCUT2D eigenvalue weighted by molar-refractivity contribution is -0.385. The summed E-state index contributed by atoms with van der Waals surface area (Å²) in [6.07, 6.45) is 0.665. The molecule has 1 aliphatic heterocycles. The zero-order valence-corrected chi connectivity index (χ0v) is 12.7. The van der Waals surface area contributed by atoms with E-state index >= 15 is 0 Å². The van der Waals surface area contributed by atoms with Gasteiger partial charge in [-0.2, -0.15) is 4.31 Å². The monoisotopic (exact) mass is 314 g/mol. The third kappa shape index (κ3) is 2.78. The van der Waals surface area contributed by atoms with Crippen LogP contribution >= 0.6 is 0 Å². The molecular formula is C13H18N2O5S. The summed E-state index contributed by atoms with van der Waals surface area (Å²) in [5, 5.41) is 20.3. The maximum absolute atomic E-state index is 12.7. The normalized spacial score (nSPS) is 23.4. The molecule has 7 nitrogen and oxygen atoms in total. The Kier molecular flexibility index (Phi) is 4.31. The van der Waals surface area contributed by atoms with Gasteiger partial charge in [0.1, 0.15) is 0 Å². The molecule has 1 aromatic rings. The predicted molar refractivity (Wildman–Crippen MR) is 76.4 cm³/mol. The highest BCUT2D eigenvalue weighted by atomic mass is 32.2. The molecule has 1 heterocycles. The summed E-state index contributed by atoms with van der Waals surface area (Å²) in [5.41, 5.74) is 0.198. The molecule has 1 aliphatic rings. The fourth-order valence-electron chi connectivity index (χ4n) is 2.65. The smallest absolute Gasteiger partial charge is 0.270 e. The van der Waals surface area contributed by atoms with Crippen molar-refractivity contribution in [3.63, 3.8) is 0 Å². The second kappa shape index (κ2) is 5.70. The molecule has 116 valence electrons. The number of aliphatic hydroxyl groups excluding tert-OH is 1. The standard InChI is InChI=1S/C13H18N2O5S/c1-9-5-6-14(12(9)8-16)21(19,20)13-7-11(15(17)18)4-3-10(13)2/h3-4,7,9,12,16H,5-6,8H2,1-2H3. The summed E-state index contributed by atoms with van der Waals surface area (Å²) in [6.45, 7) is 3.55. The molecule has 2 rings (SSSR count). The number of nitro benzene ring substituents is 1. The number of aryl methyl sites for hydroxylation is 1. The van der Waals surface area contributed by atoms with Crippen LogP contribution in [0, 0.1) is 23.0 Å². The Bertz CT molecular complexity index is 659. The molecule has 2 unspecified atom stereocenters. The number of hydrogen-bond donors (Lipinski definition) is 1. The first-order chi connectivity index (χ1) is 9.78. The topological polar surface area (TPSA) is 101 Å². The molecule has 0 saturated carbocycles. The third-order valence-corrected chi connectivity index (χ3v) is 6.05. The van der Waals surface area contributed by atoms with Crippen molar-refractivity contribution in [2.45, 2.75) is 31.2 Å². The highest BCUT2D eigenvalue weighted by molar-refractivity contribution is 7.89. The lowest BCUT2D eigenvalue weighted by Crippen LogP contribution is -2.40. The van der Waals surface area contributed by atoms with Crippen molar-refractivity contribution in [3.05, 3.63) is 33.9 Å². The van der Waals surface area contributed by atoms with Crippen LogP contribution in [-0.2, 0) is 10.0 Å². The minimum absolute atomic E-state index is 0.0591. The van der Waals surface area contributed by atoms with Crippen molar-refractivity contribution >= 4 is 15.7 Å². The number of sulfonamides is 1. The summed E-state index contributed by atoms with van der Waals surface area (Å²) in [4.78, 5) is 10.2. The van der Waals surface area contributed by atoms with Crippen LogP contribution in [0.5, 0.6) is 0 Å². The van der Waals surface area contributed by atoms with E-state index < -0.39 is 21.0 Å². The Balaban J connectivity index is 2.49. The Hall–Kier alpha value is -1.51. The maximum Gasteiger partial charge on any atom is 0.270 e. The average Bonchev–Trinajstić information content (AvgIpc) is 2.80. The molecule has 1 N–H and O–H groups in total. The van der Waals surface area contributed by atoms with Gasteiger partial charge in [0.05, 0.1) is 22.5 Å². The van der Waals surface area contributed by atoms with Crippen LogP contribution in [-0.4, -0.2) is 41.9 Å². The zero-order valence-electron chi connectivity index (χ0n) is 11.9.